The third-order valence-corrected chi connectivity index (χ3v) is 4.79. The van der Waals surface area contributed by atoms with Crippen molar-refractivity contribution >= 4 is 27.4 Å². The van der Waals surface area contributed by atoms with Gasteiger partial charge in [0.05, 0.1) is 0 Å². The van der Waals surface area contributed by atoms with Crippen LogP contribution in [0.15, 0.2) is 0 Å². The Morgan fingerprint density at radius 2 is 2.45 bits per heavy atom. The van der Waals surface area contributed by atoms with E-state index in [0.717, 1.165) is 18.1 Å². The number of Topliss-reactive ketones (excluding diaryl/α,β-unsaturated/α-hetero) is 1. The SMILES string of the molecule is CC(=O)CCCC1CCSS1. The molecule has 1 saturated heterocycles. The van der Waals surface area contributed by atoms with Gasteiger partial charge in [-0.25, -0.2) is 0 Å². The van der Waals surface area contributed by atoms with Crippen molar-refractivity contribution in [2.75, 3.05) is 5.75 Å². The van der Waals surface area contributed by atoms with E-state index < -0.39 is 0 Å². The Bertz CT molecular complexity index is 130. The van der Waals surface area contributed by atoms with E-state index in [-0.39, 0.29) is 0 Å². The van der Waals surface area contributed by atoms with Gasteiger partial charge in [-0.2, -0.15) is 0 Å². The van der Waals surface area contributed by atoms with Crippen molar-refractivity contribution in [3.63, 3.8) is 0 Å². The zero-order chi connectivity index (χ0) is 8.10. The number of carbonyl (C=O) groups is 1. The molecule has 1 fully saturated rings. The first-order chi connectivity index (χ1) is 5.29. The number of rotatable bonds is 4. The molecule has 1 rings (SSSR count). The summed E-state index contributed by atoms with van der Waals surface area (Å²) in [7, 11) is 3.97. The van der Waals surface area contributed by atoms with Crippen LogP contribution in [0.25, 0.3) is 0 Å². The van der Waals surface area contributed by atoms with Gasteiger partial charge in [0, 0.05) is 17.4 Å². The van der Waals surface area contributed by atoms with Crippen LogP contribution >= 0.6 is 21.6 Å². The van der Waals surface area contributed by atoms with Gasteiger partial charge in [-0.15, -0.1) is 0 Å². The Hall–Kier alpha value is 0.370. The van der Waals surface area contributed by atoms with Crippen LogP contribution in [0, 0.1) is 0 Å². The molecule has 0 N–H and O–H groups in total. The van der Waals surface area contributed by atoms with Gasteiger partial charge < -0.3 is 4.79 Å². The highest BCUT2D eigenvalue weighted by atomic mass is 33.1. The third-order valence-electron chi connectivity index (χ3n) is 1.78. The molecule has 0 aliphatic carbocycles. The Morgan fingerprint density at radius 1 is 1.64 bits per heavy atom. The Morgan fingerprint density at radius 3 is 3.00 bits per heavy atom. The molecular weight excluding hydrogens is 176 g/mol. The lowest BCUT2D eigenvalue weighted by molar-refractivity contribution is -0.117. The lowest BCUT2D eigenvalue weighted by Crippen LogP contribution is -1.99. The lowest BCUT2D eigenvalue weighted by Gasteiger charge is -2.04. The minimum Gasteiger partial charge on any atom is -0.300 e. The van der Waals surface area contributed by atoms with Gasteiger partial charge >= 0.3 is 0 Å². The fourth-order valence-electron chi connectivity index (χ4n) is 1.14. The molecule has 3 heteroatoms. The summed E-state index contributed by atoms with van der Waals surface area (Å²) in [4.78, 5) is 10.6. The largest absolute Gasteiger partial charge is 0.300 e. The lowest BCUT2D eigenvalue weighted by atomic mass is 10.1. The van der Waals surface area contributed by atoms with Gasteiger partial charge in [0.15, 0.2) is 0 Å². The van der Waals surface area contributed by atoms with Gasteiger partial charge in [0.1, 0.15) is 5.78 Å². The minimum atomic E-state index is 0.334. The topological polar surface area (TPSA) is 17.1 Å². The first kappa shape index (κ1) is 9.46. The maximum Gasteiger partial charge on any atom is 0.129 e. The summed E-state index contributed by atoms with van der Waals surface area (Å²) < 4.78 is 0. The van der Waals surface area contributed by atoms with Crippen LogP contribution in [0.2, 0.25) is 0 Å². The summed E-state index contributed by atoms with van der Waals surface area (Å²) in [6, 6.07) is 0. The van der Waals surface area contributed by atoms with Crippen LogP contribution in [0.4, 0.5) is 0 Å². The van der Waals surface area contributed by atoms with E-state index in [4.69, 9.17) is 0 Å². The zero-order valence-corrected chi connectivity index (χ0v) is 8.47. The van der Waals surface area contributed by atoms with Crippen molar-refractivity contribution in [2.45, 2.75) is 37.9 Å². The van der Waals surface area contributed by atoms with E-state index >= 15 is 0 Å². The second kappa shape index (κ2) is 5.09. The monoisotopic (exact) mass is 190 g/mol. The summed E-state index contributed by atoms with van der Waals surface area (Å²) in [5.41, 5.74) is 0. The predicted octanol–water partition coefficient (Wildman–Crippen LogP) is 2.90. The Labute approximate surface area is 76.1 Å². The molecule has 1 heterocycles. The highest BCUT2D eigenvalue weighted by molar-refractivity contribution is 8.77. The standard InChI is InChI=1S/C8H14OS2/c1-7(9)3-2-4-8-5-6-10-11-8/h8H,2-6H2,1H3. The Balaban J connectivity index is 1.98. The van der Waals surface area contributed by atoms with Crippen LogP contribution in [0.1, 0.15) is 32.6 Å². The van der Waals surface area contributed by atoms with Crippen LogP contribution in [0.5, 0.6) is 0 Å². The molecule has 0 aromatic rings. The van der Waals surface area contributed by atoms with Crippen molar-refractivity contribution in [3.05, 3.63) is 0 Å². The molecule has 0 saturated carbocycles. The molecule has 1 aliphatic rings. The molecule has 0 amide bonds. The average Bonchev–Trinajstić information content (AvgIpc) is 2.39. The van der Waals surface area contributed by atoms with Gasteiger partial charge in [-0.05, 0) is 26.2 Å². The first-order valence-corrected chi connectivity index (χ1v) is 6.45. The fourth-order valence-corrected chi connectivity index (χ4v) is 4.17. The Kier molecular flexibility index (Phi) is 4.38. The predicted molar refractivity (Wildman–Crippen MR) is 53.0 cm³/mol. The van der Waals surface area contributed by atoms with Gasteiger partial charge in [-0.1, -0.05) is 21.6 Å². The molecular formula is C8H14OS2. The van der Waals surface area contributed by atoms with Gasteiger partial charge in [0.2, 0.25) is 0 Å². The molecule has 1 nitrogen and oxygen atoms in total. The maximum absolute atomic E-state index is 10.6. The van der Waals surface area contributed by atoms with Crippen LogP contribution in [-0.2, 0) is 4.79 Å². The molecule has 1 atom stereocenters. The van der Waals surface area contributed by atoms with Crippen molar-refractivity contribution in [1.82, 2.24) is 0 Å². The summed E-state index contributed by atoms with van der Waals surface area (Å²) >= 11 is 0. The highest BCUT2D eigenvalue weighted by Gasteiger charge is 2.15. The van der Waals surface area contributed by atoms with Gasteiger partial charge in [0.25, 0.3) is 0 Å². The zero-order valence-electron chi connectivity index (χ0n) is 6.84. The molecule has 0 aromatic heterocycles. The number of carbonyl (C=O) groups excluding carboxylic acids is 1. The fraction of sp³-hybridized carbons (Fsp3) is 0.875. The number of hydrogen-bond donors (Lipinski definition) is 0. The van der Waals surface area contributed by atoms with Crippen molar-refractivity contribution in [3.8, 4) is 0 Å². The summed E-state index contributed by atoms with van der Waals surface area (Å²) in [6.07, 6.45) is 4.44. The number of ketones is 1. The quantitative estimate of drug-likeness (QED) is 0.635. The van der Waals surface area contributed by atoms with E-state index in [2.05, 4.69) is 0 Å². The van der Waals surface area contributed by atoms with E-state index in [1.165, 1.54) is 18.6 Å². The third kappa shape index (κ3) is 4.06. The van der Waals surface area contributed by atoms with E-state index in [0.29, 0.717) is 5.78 Å². The van der Waals surface area contributed by atoms with E-state index in [1.54, 1.807) is 6.92 Å². The smallest absolute Gasteiger partial charge is 0.129 e. The molecule has 1 aliphatic heterocycles. The first-order valence-electron chi connectivity index (χ1n) is 4.07. The average molecular weight is 190 g/mol. The van der Waals surface area contributed by atoms with Gasteiger partial charge in [-0.3, -0.25) is 0 Å². The molecule has 0 radical (unpaired) electrons. The van der Waals surface area contributed by atoms with E-state index in [1.807, 2.05) is 21.6 Å². The van der Waals surface area contributed by atoms with Crippen molar-refractivity contribution < 1.29 is 4.79 Å². The second-order valence-electron chi connectivity index (χ2n) is 2.92. The summed E-state index contributed by atoms with van der Waals surface area (Å²) in [5.74, 6) is 1.63. The van der Waals surface area contributed by atoms with Crippen LogP contribution in [0.3, 0.4) is 0 Å². The van der Waals surface area contributed by atoms with Crippen molar-refractivity contribution in [2.24, 2.45) is 0 Å². The molecule has 11 heavy (non-hydrogen) atoms. The maximum atomic E-state index is 10.6. The number of hydrogen-bond acceptors (Lipinski definition) is 3. The van der Waals surface area contributed by atoms with Crippen LogP contribution < -0.4 is 0 Å². The summed E-state index contributed by atoms with van der Waals surface area (Å²) in [6.45, 7) is 1.68. The highest BCUT2D eigenvalue weighted by Crippen LogP contribution is 2.39. The second-order valence-corrected chi connectivity index (χ2v) is 5.71. The van der Waals surface area contributed by atoms with E-state index in [9.17, 15) is 4.79 Å². The summed E-state index contributed by atoms with van der Waals surface area (Å²) in [5, 5.41) is 0.833. The molecule has 0 aromatic carbocycles. The molecule has 0 bridgehead atoms. The van der Waals surface area contributed by atoms with Crippen molar-refractivity contribution in [1.29, 1.82) is 0 Å². The molecule has 64 valence electrons. The molecule has 0 spiro atoms. The minimum absolute atomic E-state index is 0.334. The normalized spacial score (nSPS) is 23.9. The van der Waals surface area contributed by atoms with Crippen LogP contribution in [-0.4, -0.2) is 16.8 Å². The molecule has 1 unspecified atom stereocenters.